The number of nitrogens with one attached hydrogen (secondary N) is 1. The number of alkyl halides is 3. The number of hydrogen-bond donors (Lipinski definition) is 1. The Kier molecular flexibility index (Phi) is 5.92. The number of anilines is 1. The molecule has 0 saturated carbocycles. The lowest BCUT2D eigenvalue weighted by atomic mass is 10.1. The SMILES string of the molecule is Cc1ccc(C(=O)OCC(=O)Nc2cc(C(F)(F)F)ccc2Cl)c(C)c1. The molecule has 0 fully saturated rings. The molecule has 4 nitrogen and oxygen atoms in total. The van der Waals surface area contributed by atoms with Crippen molar-refractivity contribution in [3.63, 3.8) is 0 Å². The zero-order valence-electron chi connectivity index (χ0n) is 13.9. The van der Waals surface area contributed by atoms with Crippen LogP contribution in [0.1, 0.15) is 27.0 Å². The van der Waals surface area contributed by atoms with Crippen molar-refractivity contribution in [2.75, 3.05) is 11.9 Å². The van der Waals surface area contributed by atoms with Gasteiger partial charge in [-0.3, -0.25) is 4.79 Å². The molecular formula is C18H15ClF3NO3. The molecule has 0 saturated heterocycles. The molecule has 0 bridgehead atoms. The maximum absolute atomic E-state index is 12.7. The monoisotopic (exact) mass is 385 g/mol. The number of hydrogen-bond acceptors (Lipinski definition) is 3. The van der Waals surface area contributed by atoms with Crippen molar-refractivity contribution < 1.29 is 27.5 Å². The highest BCUT2D eigenvalue weighted by Gasteiger charge is 2.31. The summed E-state index contributed by atoms with van der Waals surface area (Å²) in [5.41, 5.74) is 0.798. The molecule has 2 aromatic rings. The molecule has 0 radical (unpaired) electrons. The molecule has 26 heavy (non-hydrogen) atoms. The molecule has 1 N–H and O–H groups in total. The number of amides is 1. The van der Waals surface area contributed by atoms with Gasteiger partial charge in [-0.2, -0.15) is 13.2 Å². The van der Waals surface area contributed by atoms with Crippen LogP contribution in [0, 0.1) is 13.8 Å². The van der Waals surface area contributed by atoms with Gasteiger partial charge in [-0.1, -0.05) is 29.3 Å². The molecule has 0 heterocycles. The Bertz CT molecular complexity index is 850. The normalized spacial score (nSPS) is 11.2. The van der Waals surface area contributed by atoms with Crippen LogP contribution in [0.5, 0.6) is 0 Å². The van der Waals surface area contributed by atoms with Crippen molar-refractivity contribution in [2.24, 2.45) is 0 Å². The Morgan fingerprint density at radius 2 is 1.81 bits per heavy atom. The van der Waals surface area contributed by atoms with Crippen LogP contribution in [0.15, 0.2) is 36.4 Å². The number of ether oxygens (including phenoxy) is 1. The van der Waals surface area contributed by atoms with E-state index in [1.807, 2.05) is 6.92 Å². The second-order valence-corrected chi connectivity index (χ2v) is 6.04. The van der Waals surface area contributed by atoms with Crippen molar-refractivity contribution in [2.45, 2.75) is 20.0 Å². The first kappa shape index (κ1) is 19.8. The van der Waals surface area contributed by atoms with Crippen molar-refractivity contribution in [3.8, 4) is 0 Å². The van der Waals surface area contributed by atoms with E-state index in [9.17, 15) is 22.8 Å². The van der Waals surface area contributed by atoms with E-state index in [2.05, 4.69) is 5.32 Å². The van der Waals surface area contributed by atoms with Gasteiger partial charge >= 0.3 is 12.1 Å². The van der Waals surface area contributed by atoms with E-state index in [-0.39, 0.29) is 10.7 Å². The fourth-order valence-corrected chi connectivity index (χ4v) is 2.40. The van der Waals surface area contributed by atoms with Crippen molar-refractivity contribution in [1.82, 2.24) is 0 Å². The largest absolute Gasteiger partial charge is 0.452 e. The van der Waals surface area contributed by atoms with Crippen LogP contribution in [0.2, 0.25) is 5.02 Å². The van der Waals surface area contributed by atoms with Crippen molar-refractivity contribution in [1.29, 1.82) is 0 Å². The average molecular weight is 386 g/mol. The molecule has 0 aliphatic rings. The third-order valence-electron chi connectivity index (χ3n) is 3.50. The van der Waals surface area contributed by atoms with E-state index in [1.165, 1.54) is 0 Å². The van der Waals surface area contributed by atoms with Gasteiger partial charge in [0, 0.05) is 0 Å². The van der Waals surface area contributed by atoms with Crippen molar-refractivity contribution >= 4 is 29.2 Å². The molecule has 0 aliphatic heterocycles. The molecule has 0 spiro atoms. The summed E-state index contributed by atoms with van der Waals surface area (Å²) >= 11 is 5.79. The highest BCUT2D eigenvalue weighted by atomic mass is 35.5. The first-order chi connectivity index (χ1) is 12.1. The van der Waals surface area contributed by atoms with Gasteiger partial charge in [-0.05, 0) is 43.7 Å². The molecule has 0 aliphatic carbocycles. The molecule has 0 unspecified atom stereocenters. The minimum atomic E-state index is -4.57. The van der Waals surface area contributed by atoms with Crippen LogP contribution >= 0.6 is 11.6 Å². The summed E-state index contributed by atoms with van der Waals surface area (Å²) in [6.07, 6.45) is -4.57. The first-order valence-corrected chi connectivity index (χ1v) is 7.86. The van der Waals surface area contributed by atoms with Crippen molar-refractivity contribution in [3.05, 3.63) is 63.7 Å². The predicted molar refractivity (Wildman–Crippen MR) is 91.3 cm³/mol. The van der Waals surface area contributed by atoms with Gasteiger partial charge in [0.2, 0.25) is 0 Å². The Morgan fingerprint density at radius 1 is 1.12 bits per heavy atom. The number of carbonyl (C=O) groups is 2. The lowest BCUT2D eigenvalue weighted by molar-refractivity contribution is -0.137. The summed E-state index contributed by atoms with van der Waals surface area (Å²) in [4.78, 5) is 23.9. The minimum absolute atomic E-state index is 0.0629. The quantitative estimate of drug-likeness (QED) is 0.771. The van der Waals surface area contributed by atoms with Gasteiger partial charge in [-0.25, -0.2) is 4.79 Å². The molecule has 138 valence electrons. The van der Waals surface area contributed by atoms with Crippen LogP contribution in [-0.2, 0) is 15.7 Å². The number of rotatable bonds is 4. The fraction of sp³-hybridized carbons (Fsp3) is 0.222. The van der Waals surface area contributed by atoms with Crippen LogP contribution in [-0.4, -0.2) is 18.5 Å². The van der Waals surface area contributed by atoms with Gasteiger partial charge in [0.25, 0.3) is 5.91 Å². The maximum atomic E-state index is 12.7. The summed E-state index contributed by atoms with van der Waals surface area (Å²) in [7, 11) is 0. The number of carbonyl (C=O) groups excluding carboxylic acids is 2. The summed E-state index contributed by atoms with van der Waals surface area (Å²) in [5, 5.41) is 2.14. The van der Waals surface area contributed by atoms with E-state index in [0.717, 1.165) is 17.7 Å². The zero-order chi connectivity index (χ0) is 19.5. The Labute approximate surface area is 152 Å². The highest BCUT2D eigenvalue weighted by Crippen LogP contribution is 2.33. The van der Waals surface area contributed by atoms with E-state index >= 15 is 0 Å². The zero-order valence-corrected chi connectivity index (χ0v) is 14.7. The summed E-state index contributed by atoms with van der Waals surface area (Å²) < 4.78 is 43.1. The fourth-order valence-electron chi connectivity index (χ4n) is 2.24. The Morgan fingerprint density at radius 3 is 2.42 bits per heavy atom. The lowest BCUT2D eigenvalue weighted by Gasteiger charge is -2.12. The summed E-state index contributed by atoms with van der Waals surface area (Å²) in [6, 6.07) is 7.64. The van der Waals surface area contributed by atoms with Gasteiger partial charge in [0.15, 0.2) is 6.61 Å². The topological polar surface area (TPSA) is 55.4 Å². The third kappa shape index (κ3) is 4.98. The molecule has 2 aromatic carbocycles. The molecule has 8 heteroatoms. The van der Waals surface area contributed by atoms with Gasteiger partial charge in [0.05, 0.1) is 21.8 Å². The second kappa shape index (κ2) is 7.78. The standard InChI is InChI=1S/C18H15ClF3NO3/c1-10-3-5-13(11(2)7-10)17(25)26-9-16(24)23-15-8-12(18(20,21)22)4-6-14(15)19/h3-8H,9H2,1-2H3,(H,23,24). The molecular weight excluding hydrogens is 371 g/mol. The van der Waals surface area contributed by atoms with Crippen LogP contribution in [0.25, 0.3) is 0 Å². The number of benzene rings is 2. The molecule has 0 atom stereocenters. The third-order valence-corrected chi connectivity index (χ3v) is 3.83. The first-order valence-electron chi connectivity index (χ1n) is 7.49. The second-order valence-electron chi connectivity index (χ2n) is 5.64. The van der Waals surface area contributed by atoms with Gasteiger partial charge in [0.1, 0.15) is 0 Å². The van der Waals surface area contributed by atoms with Gasteiger partial charge in [-0.15, -0.1) is 0 Å². The van der Waals surface area contributed by atoms with Crippen LogP contribution in [0.4, 0.5) is 18.9 Å². The average Bonchev–Trinajstić information content (AvgIpc) is 2.53. The van der Waals surface area contributed by atoms with E-state index in [4.69, 9.17) is 16.3 Å². The molecule has 0 aromatic heterocycles. The van der Waals surface area contributed by atoms with E-state index in [0.29, 0.717) is 17.2 Å². The van der Waals surface area contributed by atoms with Crippen LogP contribution in [0.3, 0.4) is 0 Å². The maximum Gasteiger partial charge on any atom is 0.416 e. The number of halogens is 4. The number of aryl methyl sites for hydroxylation is 2. The van der Waals surface area contributed by atoms with Gasteiger partial charge < -0.3 is 10.1 Å². The molecule has 2 rings (SSSR count). The number of esters is 1. The smallest absolute Gasteiger partial charge is 0.416 e. The highest BCUT2D eigenvalue weighted by molar-refractivity contribution is 6.33. The lowest BCUT2D eigenvalue weighted by Crippen LogP contribution is -2.21. The molecule has 1 amide bonds. The Hall–Kier alpha value is -2.54. The van der Waals surface area contributed by atoms with Crippen LogP contribution < -0.4 is 5.32 Å². The summed E-state index contributed by atoms with van der Waals surface area (Å²) in [5.74, 6) is -1.50. The van der Waals surface area contributed by atoms with E-state index in [1.54, 1.807) is 25.1 Å². The Balaban J connectivity index is 2.02. The summed E-state index contributed by atoms with van der Waals surface area (Å²) in [6.45, 7) is 2.94. The van der Waals surface area contributed by atoms with E-state index < -0.39 is 30.2 Å². The predicted octanol–water partition coefficient (Wildman–Crippen LogP) is 4.77. The minimum Gasteiger partial charge on any atom is -0.452 e.